The summed E-state index contributed by atoms with van der Waals surface area (Å²) in [6.07, 6.45) is 6.64. The molecule has 0 spiro atoms. The molecule has 0 aliphatic heterocycles. The molecule has 1 aromatic rings. The minimum atomic E-state index is 0.340. The highest BCUT2D eigenvalue weighted by Crippen LogP contribution is 2.46. The topological polar surface area (TPSA) is 32.3 Å². The average Bonchev–Trinajstić information content (AvgIpc) is 2.79. The number of hydrogen-bond donors (Lipinski definition) is 2. The zero-order chi connectivity index (χ0) is 15.0. The van der Waals surface area contributed by atoms with E-state index in [1.807, 2.05) is 6.07 Å². The molecule has 0 radical (unpaired) electrons. The van der Waals surface area contributed by atoms with Gasteiger partial charge in [0.15, 0.2) is 0 Å². The van der Waals surface area contributed by atoms with Gasteiger partial charge in [-0.25, -0.2) is 0 Å². The maximum absolute atomic E-state index is 10.3. The molecule has 4 unspecified atom stereocenters. The van der Waals surface area contributed by atoms with Crippen molar-refractivity contribution < 1.29 is 5.11 Å². The molecule has 0 bridgehead atoms. The summed E-state index contributed by atoms with van der Waals surface area (Å²) in [6, 6.07) is 4.26. The summed E-state index contributed by atoms with van der Waals surface area (Å²) in [7, 11) is 0. The summed E-state index contributed by atoms with van der Waals surface area (Å²) in [6.45, 7) is 7.94. The first-order valence-corrected chi connectivity index (χ1v) is 8.62. The summed E-state index contributed by atoms with van der Waals surface area (Å²) >= 11 is 0. The van der Waals surface area contributed by atoms with Crippen molar-refractivity contribution in [3.63, 3.8) is 0 Å². The van der Waals surface area contributed by atoms with Crippen molar-refractivity contribution >= 4 is 0 Å². The van der Waals surface area contributed by atoms with E-state index in [2.05, 4.69) is 32.2 Å². The quantitative estimate of drug-likeness (QED) is 0.847. The second kappa shape index (κ2) is 6.00. The van der Waals surface area contributed by atoms with Crippen LogP contribution in [0.2, 0.25) is 0 Å². The Labute approximate surface area is 129 Å². The Morgan fingerprint density at radius 3 is 2.71 bits per heavy atom. The first-order valence-electron chi connectivity index (χ1n) is 8.62. The van der Waals surface area contributed by atoms with Gasteiger partial charge in [-0.15, -0.1) is 0 Å². The molecule has 3 rings (SSSR count). The van der Waals surface area contributed by atoms with Gasteiger partial charge in [-0.1, -0.05) is 32.8 Å². The van der Waals surface area contributed by atoms with Crippen molar-refractivity contribution in [2.75, 3.05) is 6.54 Å². The lowest BCUT2D eigenvalue weighted by molar-refractivity contribution is 0.265. The van der Waals surface area contributed by atoms with Crippen LogP contribution in [0.1, 0.15) is 74.6 Å². The molecule has 116 valence electrons. The third-order valence-corrected chi connectivity index (χ3v) is 5.61. The Kier molecular flexibility index (Phi) is 4.26. The number of fused-ring (bicyclic) bond motifs is 1. The Morgan fingerprint density at radius 2 is 1.95 bits per heavy atom. The first-order chi connectivity index (χ1) is 10.1. The largest absolute Gasteiger partial charge is 0.508 e. The summed E-state index contributed by atoms with van der Waals surface area (Å²) in [5, 5.41) is 14.0. The molecule has 0 heterocycles. The summed E-state index contributed by atoms with van der Waals surface area (Å²) in [5.74, 6) is 2.74. The van der Waals surface area contributed by atoms with Crippen molar-refractivity contribution in [1.82, 2.24) is 5.32 Å². The van der Waals surface area contributed by atoms with Gasteiger partial charge in [0.05, 0.1) is 0 Å². The van der Waals surface area contributed by atoms with E-state index in [4.69, 9.17) is 0 Å². The number of phenolic OH excluding ortho intramolecular Hbond substituents is 1. The standard InChI is InChI=1S/C19H29NO/c1-12-5-4-6-15(9-12)11-20-16-10-14(3)18-13(2)7-8-17(21)19(16)18/h7-8,12,14-16,20-21H,4-6,9-11H2,1-3H3. The van der Waals surface area contributed by atoms with Gasteiger partial charge in [0.25, 0.3) is 0 Å². The van der Waals surface area contributed by atoms with Gasteiger partial charge in [0, 0.05) is 11.6 Å². The van der Waals surface area contributed by atoms with Gasteiger partial charge < -0.3 is 10.4 Å². The predicted molar refractivity (Wildman–Crippen MR) is 87.7 cm³/mol. The average molecular weight is 287 g/mol. The molecule has 21 heavy (non-hydrogen) atoms. The SMILES string of the molecule is Cc1ccc(O)c2c1C(C)CC2NCC1CCCC(C)C1. The molecular formula is C19H29NO. The third kappa shape index (κ3) is 2.96. The Balaban J connectivity index is 1.70. The van der Waals surface area contributed by atoms with E-state index < -0.39 is 0 Å². The normalized spacial score (nSPS) is 32.1. The maximum Gasteiger partial charge on any atom is 0.120 e. The first kappa shape index (κ1) is 14.9. The summed E-state index contributed by atoms with van der Waals surface area (Å²) in [4.78, 5) is 0. The molecule has 0 amide bonds. The lowest BCUT2D eigenvalue weighted by atomic mass is 9.82. The zero-order valence-corrected chi connectivity index (χ0v) is 13.7. The number of hydrogen-bond acceptors (Lipinski definition) is 2. The molecule has 2 aliphatic rings. The fourth-order valence-corrected chi connectivity index (χ4v) is 4.58. The van der Waals surface area contributed by atoms with Crippen LogP contribution < -0.4 is 5.32 Å². The summed E-state index contributed by atoms with van der Waals surface area (Å²) in [5.41, 5.74) is 3.88. The Hall–Kier alpha value is -1.02. The highest BCUT2D eigenvalue weighted by molar-refractivity contribution is 5.50. The zero-order valence-electron chi connectivity index (χ0n) is 13.7. The van der Waals surface area contributed by atoms with Crippen LogP contribution >= 0.6 is 0 Å². The molecule has 1 saturated carbocycles. The number of phenols is 1. The molecule has 2 N–H and O–H groups in total. The van der Waals surface area contributed by atoms with Crippen LogP contribution in [-0.4, -0.2) is 11.7 Å². The number of aryl methyl sites for hydroxylation is 1. The number of benzene rings is 1. The molecule has 2 heteroatoms. The fraction of sp³-hybridized carbons (Fsp3) is 0.684. The predicted octanol–water partition coefficient (Wildman–Crippen LogP) is 4.66. The molecule has 4 atom stereocenters. The minimum Gasteiger partial charge on any atom is -0.508 e. The van der Waals surface area contributed by atoms with Crippen LogP contribution in [0.15, 0.2) is 12.1 Å². The molecule has 1 fully saturated rings. The smallest absolute Gasteiger partial charge is 0.120 e. The van der Waals surface area contributed by atoms with E-state index in [9.17, 15) is 5.11 Å². The third-order valence-electron chi connectivity index (χ3n) is 5.61. The number of rotatable bonds is 3. The van der Waals surface area contributed by atoms with Gasteiger partial charge in [0.1, 0.15) is 5.75 Å². The van der Waals surface area contributed by atoms with E-state index >= 15 is 0 Å². The Morgan fingerprint density at radius 1 is 1.14 bits per heavy atom. The van der Waals surface area contributed by atoms with E-state index in [0.29, 0.717) is 17.7 Å². The van der Waals surface area contributed by atoms with Gasteiger partial charge in [-0.2, -0.15) is 0 Å². The maximum atomic E-state index is 10.3. The number of nitrogens with one attached hydrogen (secondary N) is 1. The number of aromatic hydroxyl groups is 1. The van der Waals surface area contributed by atoms with Crippen molar-refractivity contribution in [3.05, 3.63) is 28.8 Å². The van der Waals surface area contributed by atoms with Gasteiger partial charge >= 0.3 is 0 Å². The van der Waals surface area contributed by atoms with Crippen molar-refractivity contribution in [1.29, 1.82) is 0 Å². The van der Waals surface area contributed by atoms with E-state index in [1.54, 1.807) is 0 Å². The van der Waals surface area contributed by atoms with Crippen LogP contribution in [-0.2, 0) is 0 Å². The molecule has 0 aromatic heterocycles. The second-order valence-electron chi connectivity index (χ2n) is 7.46. The highest BCUT2D eigenvalue weighted by Gasteiger charge is 2.32. The molecule has 2 aliphatic carbocycles. The van der Waals surface area contributed by atoms with Gasteiger partial charge in [-0.05, 0) is 67.7 Å². The van der Waals surface area contributed by atoms with E-state index in [-0.39, 0.29) is 0 Å². The van der Waals surface area contributed by atoms with E-state index in [0.717, 1.165) is 24.8 Å². The monoisotopic (exact) mass is 287 g/mol. The van der Waals surface area contributed by atoms with Crippen LogP contribution in [0.25, 0.3) is 0 Å². The van der Waals surface area contributed by atoms with Crippen LogP contribution in [0.5, 0.6) is 5.75 Å². The second-order valence-corrected chi connectivity index (χ2v) is 7.46. The summed E-state index contributed by atoms with van der Waals surface area (Å²) < 4.78 is 0. The minimum absolute atomic E-state index is 0.340. The molecular weight excluding hydrogens is 258 g/mol. The van der Waals surface area contributed by atoms with Gasteiger partial charge in [-0.3, -0.25) is 0 Å². The van der Waals surface area contributed by atoms with Crippen molar-refractivity contribution in [2.45, 2.75) is 64.8 Å². The molecule has 1 aromatic carbocycles. The fourth-order valence-electron chi connectivity index (χ4n) is 4.58. The van der Waals surface area contributed by atoms with Gasteiger partial charge in [0.2, 0.25) is 0 Å². The highest BCUT2D eigenvalue weighted by atomic mass is 16.3. The van der Waals surface area contributed by atoms with Crippen LogP contribution in [0.3, 0.4) is 0 Å². The molecule has 2 nitrogen and oxygen atoms in total. The van der Waals surface area contributed by atoms with Crippen molar-refractivity contribution in [3.8, 4) is 5.75 Å². The van der Waals surface area contributed by atoms with Crippen LogP contribution in [0.4, 0.5) is 0 Å². The Bertz CT molecular complexity index is 511. The lowest BCUT2D eigenvalue weighted by Crippen LogP contribution is -2.29. The molecule has 0 saturated heterocycles. The van der Waals surface area contributed by atoms with Crippen LogP contribution in [0, 0.1) is 18.8 Å². The lowest BCUT2D eigenvalue weighted by Gasteiger charge is -2.28. The van der Waals surface area contributed by atoms with E-state index in [1.165, 1.54) is 42.4 Å². The van der Waals surface area contributed by atoms with Crippen molar-refractivity contribution in [2.24, 2.45) is 11.8 Å².